The molecule has 5 heteroatoms. The summed E-state index contributed by atoms with van der Waals surface area (Å²) in [5, 5.41) is 18.4. The summed E-state index contributed by atoms with van der Waals surface area (Å²) in [5.74, 6) is -0.114. The Kier molecular flexibility index (Phi) is 5.34. The van der Waals surface area contributed by atoms with E-state index in [1.54, 1.807) is 12.1 Å². The molecule has 0 aliphatic rings. The molecule has 0 amide bonds. The fourth-order valence-electron chi connectivity index (χ4n) is 2.34. The Morgan fingerprint density at radius 3 is 2.00 bits per heavy atom. The molecule has 0 fully saturated rings. The number of benzene rings is 2. The summed E-state index contributed by atoms with van der Waals surface area (Å²) in [5.41, 5.74) is 2.51. The lowest BCUT2D eigenvalue weighted by atomic mass is 10.0. The van der Waals surface area contributed by atoms with Crippen molar-refractivity contribution in [2.24, 2.45) is 0 Å². The van der Waals surface area contributed by atoms with Gasteiger partial charge in [0.15, 0.2) is 9.84 Å². The fraction of sp³-hybridized carbons (Fsp3) is 0.294. The van der Waals surface area contributed by atoms with Crippen molar-refractivity contribution in [1.82, 2.24) is 0 Å². The summed E-state index contributed by atoms with van der Waals surface area (Å²) in [6.45, 7) is 0.904. The maximum atomic E-state index is 11.9. The molecule has 2 rings (SSSR count). The van der Waals surface area contributed by atoms with Gasteiger partial charge in [0.2, 0.25) is 0 Å². The maximum absolute atomic E-state index is 11.9. The Bertz CT molecular complexity index is 693. The molecule has 118 valence electrons. The van der Waals surface area contributed by atoms with E-state index in [-0.39, 0.29) is 5.75 Å². The normalized spacial score (nSPS) is 14.5. The predicted molar refractivity (Wildman–Crippen MR) is 87.2 cm³/mol. The highest BCUT2D eigenvalue weighted by Gasteiger charge is 2.31. The van der Waals surface area contributed by atoms with Crippen LogP contribution in [0.1, 0.15) is 18.6 Å². The largest absolute Gasteiger partial charge is 0.395 e. The highest BCUT2D eigenvalue weighted by Crippen LogP contribution is 2.26. The molecule has 0 aliphatic carbocycles. The second kappa shape index (κ2) is 7.05. The average Bonchev–Trinajstić information content (AvgIpc) is 2.56. The van der Waals surface area contributed by atoms with Crippen molar-refractivity contribution in [3.05, 3.63) is 60.2 Å². The van der Waals surface area contributed by atoms with Crippen LogP contribution in [-0.2, 0) is 9.84 Å². The van der Waals surface area contributed by atoms with Gasteiger partial charge in [-0.2, -0.15) is 0 Å². The highest BCUT2D eigenvalue weighted by atomic mass is 32.2. The molecule has 0 aliphatic heterocycles. The number of hydrogen-bond acceptors (Lipinski definition) is 4. The number of aliphatic hydroxyl groups excluding tert-OH is 2. The average molecular weight is 320 g/mol. The molecule has 0 spiro atoms. The maximum Gasteiger partial charge on any atom is 0.158 e. The van der Waals surface area contributed by atoms with Crippen molar-refractivity contribution in [1.29, 1.82) is 0 Å². The van der Waals surface area contributed by atoms with Crippen LogP contribution in [0, 0.1) is 0 Å². The van der Waals surface area contributed by atoms with Gasteiger partial charge >= 0.3 is 0 Å². The smallest absolute Gasteiger partial charge is 0.158 e. The van der Waals surface area contributed by atoms with Gasteiger partial charge in [0.1, 0.15) is 5.25 Å². The van der Waals surface area contributed by atoms with Crippen LogP contribution in [0.5, 0.6) is 0 Å². The third kappa shape index (κ3) is 3.55. The van der Waals surface area contributed by atoms with Gasteiger partial charge in [-0.15, -0.1) is 0 Å². The summed E-state index contributed by atoms with van der Waals surface area (Å²) >= 11 is 0. The van der Waals surface area contributed by atoms with Gasteiger partial charge in [-0.25, -0.2) is 8.42 Å². The Balaban J connectivity index is 2.26. The van der Waals surface area contributed by atoms with Crippen LogP contribution in [0.15, 0.2) is 54.6 Å². The Hall–Kier alpha value is -1.69. The Morgan fingerprint density at radius 2 is 1.50 bits per heavy atom. The van der Waals surface area contributed by atoms with E-state index in [9.17, 15) is 18.6 Å². The number of sulfone groups is 1. The molecule has 2 aromatic rings. The van der Waals surface area contributed by atoms with Crippen LogP contribution in [0.25, 0.3) is 11.1 Å². The quantitative estimate of drug-likeness (QED) is 0.855. The van der Waals surface area contributed by atoms with Gasteiger partial charge in [0, 0.05) is 5.75 Å². The summed E-state index contributed by atoms with van der Waals surface area (Å²) in [7, 11) is -3.52. The summed E-state index contributed by atoms with van der Waals surface area (Å²) < 4.78 is 23.8. The molecule has 0 aromatic heterocycles. The first-order chi connectivity index (χ1) is 10.5. The minimum Gasteiger partial charge on any atom is -0.395 e. The SMILES string of the molecule is CCS(=O)(=O)[C@H](CO)[C@H](O)c1ccc(-c2ccccc2)cc1. The second-order valence-corrected chi connectivity index (χ2v) is 7.61. The van der Waals surface area contributed by atoms with Crippen molar-refractivity contribution >= 4 is 9.84 Å². The van der Waals surface area contributed by atoms with Crippen molar-refractivity contribution < 1.29 is 18.6 Å². The second-order valence-electron chi connectivity index (χ2n) is 5.11. The van der Waals surface area contributed by atoms with E-state index in [2.05, 4.69) is 0 Å². The van der Waals surface area contributed by atoms with Crippen molar-refractivity contribution in [2.75, 3.05) is 12.4 Å². The van der Waals surface area contributed by atoms with Crippen LogP contribution in [0.2, 0.25) is 0 Å². The first-order valence-electron chi connectivity index (χ1n) is 7.15. The van der Waals surface area contributed by atoms with E-state index in [4.69, 9.17) is 0 Å². The minimum atomic E-state index is -3.52. The van der Waals surface area contributed by atoms with E-state index in [1.807, 2.05) is 42.5 Å². The molecule has 0 radical (unpaired) electrons. The molecule has 0 saturated carbocycles. The summed E-state index contributed by atoms with van der Waals surface area (Å²) in [6.07, 6.45) is -1.24. The lowest BCUT2D eigenvalue weighted by Gasteiger charge is -2.21. The molecule has 0 saturated heterocycles. The van der Waals surface area contributed by atoms with Gasteiger partial charge in [0.05, 0.1) is 12.7 Å². The molecular formula is C17H20O4S. The van der Waals surface area contributed by atoms with E-state index >= 15 is 0 Å². The van der Waals surface area contributed by atoms with Gasteiger partial charge in [0.25, 0.3) is 0 Å². The van der Waals surface area contributed by atoms with Gasteiger partial charge < -0.3 is 10.2 Å². The molecule has 22 heavy (non-hydrogen) atoms. The molecule has 2 aromatic carbocycles. The topological polar surface area (TPSA) is 74.6 Å². The van der Waals surface area contributed by atoms with E-state index in [0.29, 0.717) is 5.56 Å². The molecule has 2 N–H and O–H groups in total. The number of rotatable bonds is 6. The van der Waals surface area contributed by atoms with Crippen molar-refractivity contribution in [3.63, 3.8) is 0 Å². The van der Waals surface area contributed by atoms with Crippen molar-refractivity contribution in [3.8, 4) is 11.1 Å². The predicted octanol–water partition coefficient (Wildman–Crippen LogP) is 2.18. The highest BCUT2D eigenvalue weighted by molar-refractivity contribution is 7.92. The number of aliphatic hydroxyl groups is 2. The van der Waals surface area contributed by atoms with E-state index in [0.717, 1.165) is 11.1 Å². The van der Waals surface area contributed by atoms with Gasteiger partial charge in [-0.3, -0.25) is 0 Å². The zero-order valence-corrected chi connectivity index (χ0v) is 13.2. The van der Waals surface area contributed by atoms with Crippen LogP contribution >= 0.6 is 0 Å². The minimum absolute atomic E-state index is 0.114. The third-order valence-electron chi connectivity index (χ3n) is 3.76. The molecule has 0 heterocycles. The monoisotopic (exact) mass is 320 g/mol. The Labute approximate surface area is 131 Å². The van der Waals surface area contributed by atoms with Gasteiger partial charge in [-0.1, -0.05) is 61.5 Å². The summed E-state index contributed by atoms with van der Waals surface area (Å²) in [4.78, 5) is 0. The lowest BCUT2D eigenvalue weighted by Crippen LogP contribution is -2.33. The summed E-state index contributed by atoms with van der Waals surface area (Å²) in [6, 6.07) is 16.8. The van der Waals surface area contributed by atoms with Crippen LogP contribution in [-0.4, -0.2) is 36.2 Å². The van der Waals surface area contributed by atoms with Gasteiger partial charge in [-0.05, 0) is 16.7 Å². The van der Waals surface area contributed by atoms with E-state index in [1.165, 1.54) is 6.92 Å². The Morgan fingerprint density at radius 1 is 0.955 bits per heavy atom. The third-order valence-corrected chi connectivity index (χ3v) is 5.89. The van der Waals surface area contributed by atoms with E-state index < -0.39 is 27.8 Å². The number of hydrogen-bond donors (Lipinski definition) is 2. The molecule has 0 bridgehead atoms. The molecule has 4 nitrogen and oxygen atoms in total. The van der Waals surface area contributed by atoms with Crippen molar-refractivity contribution in [2.45, 2.75) is 18.3 Å². The zero-order valence-electron chi connectivity index (χ0n) is 12.4. The first kappa shape index (κ1) is 16.7. The molecule has 0 unspecified atom stereocenters. The molecular weight excluding hydrogens is 300 g/mol. The van der Waals surface area contributed by atoms with Crippen LogP contribution in [0.3, 0.4) is 0 Å². The first-order valence-corrected chi connectivity index (χ1v) is 8.87. The fourth-order valence-corrected chi connectivity index (χ4v) is 3.55. The van der Waals surface area contributed by atoms with Crippen LogP contribution < -0.4 is 0 Å². The molecule has 2 atom stereocenters. The van der Waals surface area contributed by atoms with Crippen LogP contribution in [0.4, 0.5) is 0 Å². The zero-order chi connectivity index (χ0) is 16.2. The standard InChI is InChI=1S/C17H20O4S/c1-2-22(20,21)16(12-18)17(19)15-10-8-14(9-11-15)13-6-4-3-5-7-13/h3-11,16-19H,2,12H2,1H3/t16-,17-/m1/s1. The lowest BCUT2D eigenvalue weighted by molar-refractivity contribution is 0.138.